The van der Waals surface area contributed by atoms with Gasteiger partial charge in [0.2, 0.25) is 0 Å². The zero-order valence-corrected chi connectivity index (χ0v) is 8.28. The molecule has 4 heteroatoms. The second-order valence-corrected chi connectivity index (χ2v) is 3.51. The summed E-state index contributed by atoms with van der Waals surface area (Å²) in [6.45, 7) is 1.94. The van der Waals surface area contributed by atoms with E-state index in [1.807, 2.05) is 19.1 Å². The van der Waals surface area contributed by atoms with E-state index in [0.717, 1.165) is 17.5 Å². The van der Waals surface area contributed by atoms with Gasteiger partial charge in [-0.05, 0) is 34.4 Å². The van der Waals surface area contributed by atoms with Gasteiger partial charge in [-0.3, -0.25) is 0 Å². The number of hydrogen-bond acceptors (Lipinski definition) is 1. The lowest BCUT2D eigenvalue weighted by Crippen LogP contribution is -2.15. The summed E-state index contributed by atoms with van der Waals surface area (Å²) in [6.07, 6.45) is 0. The van der Waals surface area contributed by atoms with Crippen LogP contribution in [-0.2, 0) is 0 Å². The van der Waals surface area contributed by atoms with Crippen molar-refractivity contribution in [2.24, 2.45) is 0 Å². The van der Waals surface area contributed by atoms with Crippen LogP contribution in [0.3, 0.4) is 0 Å². The largest absolute Gasteiger partial charge is 0.450 e. The van der Waals surface area contributed by atoms with E-state index in [2.05, 4.69) is 15.9 Å². The van der Waals surface area contributed by atoms with E-state index in [1.54, 1.807) is 0 Å². The van der Waals surface area contributed by atoms with Crippen LogP contribution >= 0.6 is 27.5 Å². The Morgan fingerprint density at radius 3 is 2.73 bits per heavy atom. The van der Waals surface area contributed by atoms with Crippen molar-refractivity contribution in [3.05, 3.63) is 27.2 Å². The Morgan fingerprint density at radius 2 is 2.18 bits per heavy atom. The number of rotatable bonds is 1. The molecule has 0 saturated heterocycles. The molecule has 1 aromatic rings. The van der Waals surface area contributed by atoms with Crippen molar-refractivity contribution in [1.82, 2.24) is 0 Å². The van der Waals surface area contributed by atoms with Crippen molar-refractivity contribution in [3.8, 4) is 0 Å². The molecule has 1 nitrogen and oxygen atoms in total. The Bertz CT molecular complexity index is 277. The molecule has 57 valence electrons. The summed E-state index contributed by atoms with van der Waals surface area (Å²) in [7, 11) is 1.00. The van der Waals surface area contributed by atoms with Crippen LogP contribution in [0.2, 0.25) is 5.02 Å². The fourth-order valence-corrected chi connectivity index (χ4v) is 1.59. The van der Waals surface area contributed by atoms with Crippen LogP contribution in [0.4, 0.5) is 0 Å². The molecule has 0 spiro atoms. The lowest BCUT2D eigenvalue weighted by Gasteiger charge is -2.02. The van der Waals surface area contributed by atoms with Crippen LogP contribution in [0, 0.1) is 6.92 Å². The van der Waals surface area contributed by atoms with Crippen LogP contribution < -0.4 is 5.46 Å². The van der Waals surface area contributed by atoms with E-state index in [9.17, 15) is 0 Å². The summed E-state index contributed by atoms with van der Waals surface area (Å²) >= 11 is 9.10. The lowest BCUT2D eigenvalue weighted by atomic mass is 9.88. The summed E-state index contributed by atoms with van der Waals surface area (Å²) < 4.78 is 0.805. The third-order valence-corrected chi connectivity index (χ3v) is 2.62. The smallest absolute Gasteiger partial charge is 0.328 e. The van der Waals surface area contributed by atoms with Gasteiger partial charge in [0.15, 0.2) is 0 Å². The van der Waals surface area contributed by atoms with Gasteiger partial charge >= 0.3 is 7.48 Å². The number of halogens is 2. The highest BCUT2D eigenvalue weighted by Crippen LogP contribution is 2.20. The third kappa shape index (κ3) is 1.98. The molecule has 1 rings (SSSR count). The third-order valence-electron chi connectivity index (χ3n) is 1.34. The molecule has 0 bridgehead atoms. The molecule has 0 aliphatic rings. The molecule has 0 fully saturated rings. The fraction of sp³-hybridized carbons (Fsp3) is 0.143. The first-order valence-corrected chi connectivity index (χ1v) is 4.25. The Labute approximate surface area is 79.8 Å². The molecule has 0 heterocycles. The highest BCUT2D eigenvalue weighted by molar-refractivity contribution is 9.10. The maximum atomic E-state index is 8.74. The van der Waals surface area contributed by atoms with Gasteiger partial charge in [0, 0.05) is 4.47 Å². The minimum Gasteiger partial charge on any atom is -0.450 e. The summed E-state index contributed by atoms with van der Waals surface area (Å²) in [5.74, 6) is 0. The molecule has 0 atom stereocenters. The van der Waals surface area contributed by atoms with Crippen molar-refractivity contribution in [2.75, 3.05) is 0 Å². The first kappa shape index (κ1) is 9.11. The van der Waals surface area contributed by atoms with Crippen molar-refractivity contribution in [2.45, 2.75) is 6.92 Å². The van der Waals surface area contributed by atoms with Gasteiger partial charge in [-0.25, -0.2) is 0 Å². The quantitative estimate of drug-likeness (QED) is 0.730. The highest BCUT2D eigenvalue weighted by atomic mass is 79.9. The molecule has 0 saturated carbocycles. The zero-order valence-electron chi connectivity index (χ0n) is 5.94. The fourth-order valence-electron chi connectivity index (χ4n) is 0.845. The Kier molecular flexibility index (Phi) is 2.99. The SMILES string of the molecule is Cc1cc(Br)c(Cl)c([B]O)c1. The number of benzene rings is 1. The zero-order chi connectivity index (χ0) is 8.43. The number of hydrogen-bond donors (Lipinski definition) is 1. The maximum absolute atomic E-state index is 8.74. The predicted octanol–water partition coefficient (Wildman–Crippen LogP) is 1.65. The molecule has 0 amide bonds. The van der Waals surface area contributed by atoms with Gasteiger partial charge in [-0.1, -0.05) is 23.2 Å². The first-order valence-electron chi connectivity index (χ1n) is 3.08. The van der Waals surface area contributed by atoms with E-state index in [0.29, 0.717) is 10.5 Å². The molecular formula is C7H6BBrClO. The highest BCUT2D eigenvalue weighted by Gasteiger charge is 2.05. The average Bonchev–Trinajstić information content (AvgIpc) is 1.96. The summed E-state index contributed by atoms with van der Waals surface area (Å²) in [5.41, 5.74) is 1.69. The van der Waals surface area contributed by atoms with E-state index in [4.69, 9.17) is 16.6 Å². The van der Waals surface area contributed by atoms with Crippen LogP contribution in [0.1, 0.15) is 5.56 Å². The van der Waals surface area contributed by atoms with Gasteiger partial charge in [-0.2, -0.15) is 0 Å². The average molecular weight is 232 g/mol. The van der Waals surface area contributed by atoms with E-state index >= 15 is 0 Å². The Balaban J connectivity index is 3.24. The van der Waals surface area contributed by atoms with Crippen molar-refractivity contribution < 1.29 is 5.02 Å². The molecular weight excluding hydrogens is 226 g/mol. The molecule has 1 radical (unpaired) electrons. The molecule has 0 aliphatic heterocycles. The summed E-state index contributed by atoms with van der Waals surface area (Å²) in [5, 5.41) is 9.28. The maximum Gasteiger partial charge on any atom is 0.328 e. The summed E-state index contributed by atoms with van der Waals surface area (Å²) in [6, 6.07) is 3.71. The van der Waals surface area contributed by atoms with Crippen molar-refractivity contribution >= 4 is 40.5 Å². The minimum absolute atomic E-state index is 0.540. The van der Waals surface area contributed by atoms with Crippen molar-refractivity contribution in [1.29, 1.82) is 0 Å². The second kappa shape index (κ2) is 3.61. The van der Waals surface area contributed by atoms with Crippen LogP contribution in [0.5, 0.6) is 0 Å². The van der Waals surface area contributed by atoms with Gasteiger partial charge < -0.3 is 5.02 Å². The molecule has 11 heavy (non-hydrogen) atoms. The van der Waals surface area contributed by atoms with E-state index < -0.39 is 0 Å². The molecule has 1 aromatic carbocycles. The topological polar surface area (TPSA) is 20.2 Å². The Hall–Kier alpha value is 0.0149. The van der Waals surface area contributed by atoms with Crippen molar-refractivity contribution in [3.63, 3.8) is 0 Å². The van der Waals surface area contributed by atoms with E-state index in [-0.39, 0.29) is 0 Å². The molecule has 0 aliphatic carbocycles. The van der Waals surface area contributed by atoms with Crippen LogP contribution in [0.25, 0.3) is 0 Å². The van der Waals surface area contributed by atoms with Crippen LogP contribution in [0.15, 0.2) is 16.6 Å². The van der Waals surface area contributed by atoms with Crippen LogP contribution in [-0.4, -0.2) is 12.5 Å². The molecule has 0 aromatic heterocycles. The van der Waals surface area contributed by atoms with E-state index in [1.165, 1.54) is 0 Å². The first-order chi connectivity index (χ1) is 5.15. The van der Waals surface area contributed by atoms with Gasteiger partial charge in [0.1, 0.15) is 0 Å². The molecule has 1 N–H and O–H groups in total. The lowest BCUT2D eigenvalue weighted by molar-refractivity contribution is 0.615. The Morgan fingerprint density at radius 1 is 1.55 bits per heavy atom. The standard InChI is InChI=1S/C7H6BBrClO/c1-4-2-5(8-11)7(10)6(9)3-4/h2-3,11H,1H3. The minimum atomic E-state index is 0.540. The monoisotopic (exact) mass is 231 g/mol. The van der Waals surface area contributed by atoms with Gasteiger partial charge in [-0.15, -0.1) is 0 Å². The molecule has 0 unspecified atom stereocenters. The summed E-state index contributed by atoms with van der Waals surface area (Å²) in [4.78, 5) is 0. The normalized spacial score (nSPS) is 9.82. The second-order valence-electron chi connectivity index (χ2n) is 2.28. The predicted molar refractivity (Wildman–Crippen MR) is 51.5 cm³/mol. The van der Waals surface area contributed by atoms with Gasteiger partial charge in [0.25, 0.3) is 0 Å². The van der Waals surface area contributed by atoms with Gasteiger partial charge in [0.05, 0.1) is 5.02 Å². The number of aryl methyl sites for hydroxylation is 1.